The van der Waals surface area contributed by atoms with Gasteiger partial charge in [-0.1, -0.05) is 12.1 Å². The Hall–Kier alpha value is -1.55. The van der Waals surface area contributed by atoms with Crippen molar-refractivity contribution < 1.29 is 9.13 Å². The Balaban J connectivity index is 2.14. The fourth-order valence-corrected chi connectivity index (χ4v) is 2.03. The molecule has 0 aliphatic heterocycles. The van der Waals surface area contributed by atoms with Crippen LogP contribution in [0.4, 0.5) is 10.1 Å². The SMILES string of the molecule is Cc1cc(N)ccc1OCc1cccc(F)c1Br. The number of rotatable bonds is 3. The van der Waals surface area contributed by atoms with Gasteiger partial charge in [0.05, 0.1) is 4.47 Å². The van der Waals surface area contributed by atoms with E-state index in [4.69, 9.17) is 10.5 Å². The highest BCUT2D eigenvalue weighted by atomic mass is 79.9. The van der Waals surface area contributed by atoms with E-state index in [1.807, 2.05) is 25.1 Å². The second kappa shape index (κ2) is 5.40. The van der Waals surface area contributed by atoms with Crippen LogP contribution in [-0.4, -0.2) is 0 Å². The molecule has 0 atom stereocenters. The molecule has 94 valence electrons. The van der Waals surface area contributed by atoms with Crippen LogP contribution in [0.1, 0.15) is 11.1 Å². The molecule has 18 heavy (non-hydrogen) atoms. The number of hydrogen-bond acceptors (Lipinski definition) is 2. The van der Waals surface area contributed by atoms with Crippen molar-refractivity contribution in [1.82, 2.24) is 0 Å². The lowest BCUT2D eigenvalue weighted by molar-refractivity contribution is 0.302. The molecule has 2 aromatic carbocycles. The molecule has 0 saturated carbocycles. The van der Waals surface area contributed by atoms with Crippen LogP contribution in [0, 0.1) is 12.7 Å². The number of halogens is 2. The van der Waals surface area contributed by atoms with E-state index in [0.717, 1.165) is 16.9 Å². The summed E-state index contributed by atoms with van der Waals surface area (Å²) in [4.78, 5) is 0. The Morgan fingerprint density at radius 1 is 1.28 bits per heavy atom. The molecule has 2 rings (SSSR count). The van der Waals surface area contributed by atoms with Crippen molar-refractivity contribution in [3.63, 3.8) is 0 Å². The lowest BCUT2D eigenvalue weighted by atomic mass is 10.2. The van der Waals surface area contributed by atoms with Gasteiger partial charge in [-0.15, -0.1) is 0 Å². The Bertz CT molecular complexity index is 572. The summed E-state index contributed by atoms with van der Waals surface area (Å²) >= 11 is 3.21. The molecule has 2 aromatic rings. The summed E-state index contributed by atoms with van der Waals surface area (Å²) < 4.78 is 19.4. The maximum atomic E-state index is 13.3. The molecule has 0 fully saturated rings. The fourth-order valence-electron chi connectivity index (χ4n) is 1.65. The lowest BCUT2D eigenvalue weighted by Gasteiger charge is -2.11. The first kappa shape index (κ1) is 12.9. The third-order valence-electron chi connectivity index (χ3n) is 2.61. The maximum Gasteiger partial charge on any atom is 0.137 e. The van der Waals surface area contributed by atoms with Gasteiger partial charge in [0, 0.05) is 11.3 Å². The summed E-state index contributed by atoms with van der Waals surface area (Å²) in [5.74, 6) is 0.463. The van der Waals surface area contributed by atoms with Crippen molar-refractivity contribution in [2.24, 2.45) is 0 Å². The van der Waals surface area contributed by atoms with Crippen molar-refractivity contribution in [1.29, 1.82) is 0 Å². The van der Waals surface area contributed by atoms with Crippen LogP contribution in [0.5, 0.6) is 5.75 Å². The number of aryl methyl sites for hydroxylation is 1. The summed E-state index contributed by atoms with van der Waals surface area (Å²) in [5.41, 5.74) is 8.10. The second-order valence-electron chi connectivity index (χ2n) is 4.03. The van der Waals surface area contributed by atoms with E-state index in [9.17, 15) is 4.39 Å². The van der Waals surface area contributed by atoms with Crippen LogP contribution in [-0.2, 0) is 6.61 Å². The molecule has 0 amide bonds. The topological polar surface area (TPSA) is 35.2 Å². The monoisotopic (exact) mass is 309 g/mol. The Kier molecular flexibility index (Phi) is 3.87. The highest BCUT2D eigenvalue weighted by Crippen LogP contribution is 2.24. The van der Waals surface area contributed by atoms with E-state index in [1.165, 1.54) is 6.07 Å². The molecular weight excluding hydrogens is 297 g/mol. The van der Waals surface area contributed by atoms with Crippen LogP contribution in [0.15, 0.2) is 40.9 Å². The number of hydrogen-bond donors (Lipinski definition) is 1. The zero-order valence-corrected chi connectivity index (χ0v) is 11.5. The van der Waals surface area contributed by atoms with Crippen molar-refractivity contribution in [2.75, 3.05) is 5.73 Å². The van der Waals surface area contributed by atoms with E-state index in [0.29, 0.717) is 16.8 Å². The zero-order valence-electron chi connectivity index (χ0n) is 9.91. The van der Waals surface area contributed by atoms with Gasteiger partial charge in [0.2, 0.25) is 0 Å². The number of nitrogens with two attached hydrogens (primary N) is 1. The van der Waals surface area contributed by atoms with Crippen LogP contribution >= 0.6 is 15.9 Å². The molecule has 0 heterocycles. The minimum absolute atomic E-state index is 0.287. The minimum Gasteiger partial charge on any atom is -0.489 e. The Morgan fingerprint density at radius 2 is 2.06 bits per heavy atom. The predicted molar refractivity (Wildman–Crippen MR) is 74.0 cm³/mol. The first-order valence-corrected chi connectivity index (χ1v) is 6.29. The molecule has 2 N–H and O–H groups in total. The van der Waals surface area contributed by atoms with E-state index in [1.54, 1.807) is 12.1 Å². The second-order valence-corrected chi connectivity index (χ2v) is 4.82. The number of benzene rings is 2. The Labute approximate surface area is 114 Å². The number of ether oxygens (including phenoxy) is 1. The average molecular weight is 310 g/mol. The summed E-state index contributed by atoms with van der Waals surface area (Å²) in [7, 11) is 0. The summed E-state index contributed by atoms with van der Waals surface area (Å²) in [6.45, 7) is 2.23. The first-order chi connectivity index (χ1) is 8.58. The van der Waals surface area contributed by atoms with Gasteiger partial charge in [-0.3, -0.25) is 0 Å². The summed E-state index contributed by atoms with van der Waals surface area (Å²) in [6, 6.07) is 10.3. The van der Waals surface area contributed by atoms with Gasteiger partial charge in [0.25, 0.3) is 0 Å². The predicted octanol–water partition coefficient (Wildman–Crippen LogP) is 4.06. The quantitative estimate of drug-likeness (QED) is 0.868. The fraction of sp³-hybridized carbons (Fsp3) is 0.143. The highest BCUT2D eigenvalue weighted by molar-refractivity contribution is 9.10. The molecule has 0 unspecified atom stereocenters. The summed E-state index contributed by atoms with van der Waals surface area (Å²) in [5, 5.41) is 0. The largest absolute Gasteiger partial charge is 0.489 e. The Morgan fingerprint density at radius 3 is 2.78 bits per heavy atom. The molecule has 2 nitrogen and oxygen atoms in total. The third-order valence-corrected chi connectivity index (χ3v) is 3.50. The minimum atomic E-state index is -0.287. The molecule has 0 aliphatic rings. The summed E-state index contributed by atoms with van der Waals surface area (Å²) in [6.07, 6.45) is 0. The normalized spacial score (nSPS) is 10.4. The maximum absolute atomic E-state index is 13.3. The van der Waals surface area contributed by atoms with Gasteiger partial charge in [-0.25, -0.2) is 4.39 Å². The van der Waals surface area contributed by atoms with Crippen LogP contribution in [0.25, 0.3) is 0 Å². The third kappa shape index (κ3) is 2.82. The van der Waals surface area contributed by atoms with Crippen LogP contribution in [0.3, 0.4) is 0 Å². The van der Waals surface area contributed by atoms with Gasteiger partial charge in [0.1, 0.15) is 18.2 Å². The lowest BCUT2D eigenvalue weighted by Crippen LogP contribution is -1.99. The highest BCUT2D eigenvalue weighted by Gasteiger charge is 2.06. The number of nitrogen functional groups attached to an aromatic ring is 1. The molecule has 0 aliphatic carbocycles. The van der Waals surface area contributed by atoms with E-state index in [2.05, 4.69) is 15.9 Å². The number of anilines is 1. The molecule has 0 saturated heterocycles. The molecule has 4 heteroatoms. The van der Waals surface area contributed by atoms with Crippen molar-refractivity contribution in [3.05, 3.63) is 57.8 Å². The van der Waals surface area contributed by atoms with E-state index >= 15 is 0 Å². The van der Waals surface area contributed by atoms with Crippen molar-refractivity contribution in [2.45, 2.75) is 13.5 Å². The zero-order chi connectivity index (χ0) is 13.1. The average Bonchev–Trinajstić information content (AvgIpc) is 2.33. The molecule has 0 spiro atoms. The molecule has 0 aromatic heterocycles. The molecule has 0 bridgehead atoms. The van der Waals surface area contributed by atoms with Gasteiger partial charge < -0.3 is 10.5 Å². The standard InChI is InChI=1S/C14H13BrFNO/c1-9-7-11(17)5-6-13(9)18-8-10-3-2-4-12(16)14(10)15/h2-7H,8,17H2,1H3. The molecule has 0 radical (unpaired) electrons. The van der Waals surface area contributed by atoms with Gasteiger partial charge in [0.15, 0.2) is 0 Å². The van der Waals surface area contributed by atoms with Crippen molar-refractivity contribution >= 4 is 21.6 Å². The van der Waals surface area contributed by atoms with Gasteiger partial charge in [-0.2, -0.15) is 0 Å². The van der Waals surface area contributed by atoms with E-state index < -0.39 is 0 Å². The first-order valence-electron chi connectivity index (χ1n) is 5.50. The van der Waals surface area contributed by atoms with Crippen LogP contribution < -0.4 is 10.5 Å². The van der Waals surface area contributed by atoms with Crippen LogP contribution in [0.2, 0.25) is 0 Å². The van der Waals surface area contributed by atoms with Gasteiger partial charge in [-0.05, 0) is 52.7 Å². The van der Waals surface area contributed by atoms with Crippen molar-refractivity contribution in [3.8, 4) is 5.75 Å². The van der Waals surface area contributed by atoms with E-state index in [-0.39, 0.29) is 5.82 Å². The molecular formula is C14H13BrFNO. The smallest absolute Gasteiger partial charge is 0.137 e. The van der Waals surface area contributed by atoms with Gasteiger partial charge >= 0.3 is 0 Å².